The number of methoxy groups -OCH3 is 2. The molecular formula is C16H20O5. The molecule has 1 aromatic carbocycles. The van der Waals surface area contributed by atoms with Gasteiger partial charge in [-0.3, -0.25) is 0 Å². The molecule has 21 heavy (non-hydrogen) atoms. The third kappa shape index (κ3) is 3.43. The Hall–Kier alpha value is -1.85. The van der Waals surface area contributed by atoms with Crippen LogP contribution in [0.2, 0.25) is 0 Å². The van der Waals surface area contributed by atoms with E-state index in [1.807, 2.05) is 6.07 Å². The maximum Gasteiger partial charge on any atom is 0.336 e. The normalized spacial score (nSPS) is 13.4. The fraction of sp³-hybridized carbons (Fsp3) is 0.438. The van der Waals surface area contributed by atoms with E-state index >= 15 is 0 Å². The first-order chi connectivity index (χ1) is 9.85. The molecule has 0 saturated heterocycles. The van der Waals surface area contributed by atoms with Gasteiger partial charge < -0.3 is 19.0 Å². The zero-order valence-corrected chi connectivity index (χ0v) is 12.7. The summed E-state index contributed by atoms with van der Waals surface area (Å²) in [5.41, 5.74) is -0.0189. The van der Waals surface area contributed by atoms with Gasteiger partial charge in [-0.25, -0.2) is 4.79 Å². The molecule has 0 spiro atoms. The third-order valence-corrected chi connectivity index (χ3v) is 3.50. The van der Waals surface area contributed by atoms with Crippen LogP contribution in [0, 0.1) is 0 Å². The number of aliphatic hydroxyl groups is 1. The lowest BCUT2D eigenvalue weighted by atomic mass is 9.94. The van der Waals surface area contributed by atoms with Crippen LogP contribution in [0.15, 0.2) is 33.5 Å². The van der Waals surface area contributed by atoms with Gasteiger partial charge in [-0.05, 0) is 31.5 Å². The van der Waals surface area contributed by atoms with Crippen molar-refractivity contribution in [3.05, 3.63) is 40.2 Å². The van der Waals surface area contributed by atoms with Crippen molar-refractivity contribution in [3.8, 4) is 5.75 Å². The molecule has 0 aliphatic rings. The van der Waals surface area contributed by atoms with Crippen LogP contribution < -0.4 is 10.4 Å². The summed E-state index contributed by atoms with van der Waals surface area (Å²) >= 11 is 0. The minimum atomic E-state index is -0.974. The molecule has 0 aliphatic heterocycles. The quantitative estimate of drug-likeness (QED) is 0.855. The second-order valence-corrected chi connectivity index (χ2v) is 5.54. The fourth-order valence-electron chi connectivity index (χ4n) is 2.31. The minimum Gasteiger partial charge on any atom is -0.496 e. The first-order valence-electron chi connectivity index (χ1n) is 6.71. The molecule has 0 aliphatic carbocycles. The number of rotatable bonds is 5. The van der Waals surface area contributed by atoms with Gasteiger partial charge in [-0.1, -0.05) is 0 Å². The van der Waals surface area contributed by atoms with E-state index < -0.39 is 11.2 Å². The maximum atomic E-state index is 11.3. The summed E-state index contributed by atoms with van der Waals surface area (Å²) in [5, 5.41) is 10.9. The summed E-state index contributed by atoms with van der Waals surface area (Å²) in [7, 11) is 3.12. The van der Waals surface area contributed by atoms with Crippen molar-refractivity contribution in [2.24, 2.45) is 0 Å². The molecule has 114 valence electrons. The highest BCUT2D eigenvalue weighted by Crippen LogP contribution is 2.28. The van der Waals surface area contributed by atoms with E-state index in [2.05, 4.69) is 0 Å². The highest BCUT2D eigenvalue weighted by atomic mass is 16.5. The molecule has 1 heterocycles. The summed E-state index contributed by atoms with van der Waals surface area (Å²) in [6, 6.07) is 6.65. The van der Waals surface area contributed by atoms with Crippen LogP contribution in [0.1, 0.15) is 19.4 Å². The van der Waals surface area contributed by atoms with Gasteiger partial charge in [0.1, 0.15) is 11.3 Å². The molecule has 1 aromatic heterocycles. The predicted molar refractivity (Wildman–Crippen MR) is 79.8 cm³/mol. The van der Waals surface area contributed by atoms with Crippen molar-refractivity contribution >= 4 is 11.0 Å². The van der Waals surface area contributed by atoms with Gasteiger partial charge >= 0.3 is 5.63 Å². The van der Waals surface area contributed by atoms with E-state index in [4.69, 9.17) is 13.9 Å². The molecule has 0 bridgehead atoms. The van der Waals surface area contributed by atoms with Crippen LogP contribution in [0.5, 0.6) is 5.75 Å². The standard InChI is InChI=1S/C16H20O5/c1-16(2,18)14(20-4)8-11-7-10-5-6-15(17)21-13(10)9-12(11)19-3/h5-7,9,14,18H,8H2,1-4H3/t14-/m1/s1. The van der Waals surface area contributed by atoms with E-state index in [9.17, 15) is 9.90 Å². The van der Waals surface area contributed by atoms with E-state index in [-0.39, 0.29) is 6.10 Å². The van der Waals surface area contributed by atoms with Gasteiger partial charge in [0.15, 0.2) is 0 Å². The van der Waals surface area contributed by atoms with Gasteiger partial charge in [0.05, 0.1) is 18.8 Å². The number of hydrogen-bond acceptors (Lipinski definition) is 5. The molecule has 0 amide bonds. The van der Waals surface area contributed by atoms with Crippen molar-refractivity contribution in [1.29, 1.82) is 0 Å². The Morgan fingerprint density at radius 2 is 2.00 bits per heavy atom. The van der Waals surface area contributed by atoms with Gasteiger partial charge in [-0.2, -0.15) is 0 Å². The fourth-order valence-corrected chi connectivity index (χ4v) is 2.31. The maximum absolute atomic E-state index is 11.3. The molecule has 0 fully saturated rings. The number of benzene rings is 1. The van der Waals surface area contributed by atoms with E-state index in [1.54, 1.807) is 40.2 Å². The predicted octanol–water partition coefficient (Wildman–Crippen LogP) is 2.13. The molecule has 0 saturated carbocycles. The summed E-state index contributed by atoms with van der Waals surface area (Å²) in [5.74, 6) is 0.600. The smallest absolute Gasteiger partial charge is 0.336 e. The molecule has 5 heteroatoms. The van der Waals surface area contributed by atoms with Crippen molar-refractivity contribution in [2.45, 2.75) is 32.0 Å². The lowest BCUT2D eigenvalue weighted by Crippen LogP contribution is -2.39. The van der Waals surface area contributed by atoms with Gasteiger partial charge in [0, 0.05) is 31.0 Å². The number of ether oxygens (including phenoxy) is 2. The first kappa shape index (κ1) is 15.5. The Kier molecular flexibility index (Phi) is 4.34. The first-order valence-corrected chi connectivity index (χ1v) is 6.71. The second kappa shape index (κ2) is 5.87. The Labute approximate surface area is 123 Å². The number of hydrogen-bond donors (Lipinski definition) is 1. The van der Waals surface area contributed by atoms with Crippen molar-refractivity contribution in [3.63, 3.8) is 0 Å². The topological polar surface area (TPSA) is 68.9 Å². The Morgan fingerprint density at radius 1 is 1.29 bits per heavy atom. The van der Waals surface area contributed by atoms with Crippen LogP contribution in [0.4, 0.5) is 0 Å². The highest BCUT2D eigenvalue weighted by molar-refractivity contribution is 5.79. The minimum absolute atomic E-state index is 0.375. The molecule has 0 unspecified atom stereocenters. The van der Waals surface area contributed by atoms with Gasteiger partial charge in [0.25, 0.3) is 0 Å². The largest absolute Gasteiger partial charge is 0.496 e. The SMILES string of the molecule is COc1cc2oc(=O)ccc2cc1C[C@@H](OC)C(C)(C)O. The summed E-state index contributed by atoms with van der Waals surface area (Å²) in [6.45, 7) is 3.40. The molecule has 2 aromatic rings. The van der Waals surface area contributed by atoms with Crippen LogP contribution in [-0.2, 0) is 11.2 Å². The second-order valence-electron chi connectivity index (χ2n) is 5.54. The molecular weight excluding hydrogens is 272 g/mol. The highest BCUT2D eigenvalue weighted by Gasteiger charge is 2.28. The van der Waals surface area contributed by atoms with Gasteiger partial charge in [0.2, 0.25) is 0 Å². The molecule has 0 radical (unpaired) electrons. The lowest BCUT2D eigenvalue weighted by Gasteiger charge is -2.28. The Morgan fingerprint density at radius 3 is 2.57 bits per heavy atom. The van der Waals surface area contributed by atoms with Crippen LogP contribution in [0.3, 0.4) is 0 Å². The zero-order chi connectivity index (χ0) is 15.6. The summed E-state index contributed by atoms with van der Waals surface area (Å²) in [6.07, 6.45) is 0.109. The van der Waals surface area contributed by atoms with E-state index in [1.165, 1.54) is 6.07 Å². The summed E-state index contributed by atoms with van der Waals surface area (Å²) in [4.78, 5) is 11.3. The van der Waals surface area contributed by atoms with Gasteiger partial charge in [-0.15, -0.1) is 0 Å². The lowest BCUT2D eigenvalue weighted by molar-refractivity contribution is -0.0690. The Balaban J connectivity index is 2.47. The third-order valence-electron chi connectivity index (χ3n) is 3.50. The molecule has 1 atom stereocenters. The van der Waals surface area contributed by atoms with Crippen molar-refractivity contribution in [2.75, 3.05) is 14.2 Å². The molecule has 2 rings (SSSR count). The molecule has 5 nitrogen and oxygen atoms in total. The van der Waals surface area contributed by atoms with Crippen LogP contribution in [0.25, 0.3) is 11.0 Å². The van der Waals surface area contributed by atoms with Crippen LogP contribution in [-0.4, -0.2) is 31.0 Å². The molecule has 1 N–H and O–H groups in total. The Bertz CT molecular complexity index is 681. The van der Waals surface area contributed by atoms with Crippen molar-refractivity contribution in [1.82, 2.24) is 0 Å². The number of fused-ring (bicyclic) bond motifs is 1. The van der Waals surface area contributed by atoms with E-state index in [0.717, 1.165) is 10.9 Å². The average molecular weight is 292 g/mol. The van der Waals surface area contributed by atoms with Crippen LogP contribution >= 0.6 is 0 Å². The van der Waals surface area contributed by atoms with E-state index in [0.29, 0.717) is 17.8 Å². The van der Waals surface area contributed by atoms with Crippen molar-refractivity contribution < 1.29 is 19.0 Å². The zero-order valence-electron chi connectivity index (χ0n) is 12.7. The average Bonchev–Trinajstić information content (AvgIpc) is 2.42. The summed E-state index contributed by atoms with van der Waals surface area (Å²) < 4.78 is 15.9. The monoisotopic (exact) mass is 292 g/mol.